The zero-order valence-electron chi connectivity index (χ0n) is 22.6. The van der Waals surface area contributed by atoms with Crippen LogP contribution in [0.2, 0.25) is 10.0 Å². The molecule has 2 amide bonds. The number of anilines is 1. The monoisotopic (exact) mass is 589 g/mol. The van der Waals surface area contributed by atoms with Crippen LogP contribution < -0.4 is 9.62 Å². The Hall–Kier alpha value is -3.07. The van der Waals surface area contributed by atoms with E-state index in [0.29, 0.717) is 26.9 Å². The Balaban J connectivity index is 2.05. The predicted octanol–water partition coefficient (Wildman–Crippen LogP) is 5.83. The molecule has 3 aromatic rings. The van der Waals surface area contributed by atoms with Gasteiger partial charge in [-0.25, -0.2) is 8.42 Å². The molecule has 0 aromatic heterocycles. The first-order valence-electron chi connectivity index (χ1n) is 12.4. The number of carbonyl (C=O) groups is 2. The van der Waals surface area contributed by atoms with Crippen LogP contribution in [0.25, 0.3) is 0 Å². The van der Waals surface area contributed by atoms with E-state index in [4.69, 9.17) is 23.2 Å². The van der Waals surface area contributed by atoms with Crippen LogP contribution >= 0.6 is 23.2 Å². The second kappa shape index (κ2) is 12.4. The van der Waals surface area contributed by atoms with Crippen LogP contribution in [0.5, 0.6) is 0 Å². The molecule has 10 heteroatoms. The third-order valence-electron chi connectivity index (χ3n) is 6.00. The number of amides is 2. The van der Waals surface area contributed by atoms with E-state index in [2.05, 4.69) is 5.32 Å². The third-order valence-corrected chi connectivity index (χ3v) is 8.51. The average Bonchev–Trinajstić information content (AvgIpc) is 2.87. The lowest BCUT2D eigenvalue weighted by Crippen LogP contribution is -2.54. The molecule has 0 aliphatic heterocycles. The largest absolute Gasteiger partial charge is 0.350 e. The highest BCUT2D eigenvalue weighted by Crippen LogP contribution is 2.28. The lowest BCUT2D eigenvalue weighted by molar-refractivity contribution is -0.140. The minimum absolute atomic E-state index is 0.0153. The summed E-state index contributed by atoms with van der Waals surface area (Å²) in [5, 5.41) is 3.56. The summed E-state index contributed by atoms with van der Waals surface area (Å²) >= 11 is 12.3. The second-order valence-corrected chi connectivity index (χ2v) is 13.0. The highest BCUT2D eigenvalue weighted by Gasteiger charge is 2.33. The Kier molecular flexibility index (Phi) is 9.69. The van der Waals surface area contributed by atoms with Crippen molar-refractivity contribution in [3.8, 4) is 0 Å². The normalized spacial score (nSPS) is 12.5. The van der Waals surface area contributed by atoms with Crippen molar-refractivity contribution >= 4 is 50.7 Å². The summed E-state index contributed by atoms with van der Waals surface area (Å²) in [5.41, 5.74) is 1.16. The number of carbonyl (C=O) groups excluding carboxylic acids is 2. The molecule has 0 aliphatic carbocycles. The van der Waals surface area contributed by atoms with Gasteiger partial charge in [-0.05, 0) is 76.1 Å². The highest BCUT2D eigenvalue weighted by atomic mass is 35.5. The van der Waals surface area contributed by atoms with Gasteiger partial charge in [0.05, 0.1) is 20.6 Å². The molecular weight excluding hydrogens is 557 g/mol. The van der Waals surface area contributed by atoms with Crippen molar-refractivity contribution in [3.05, 3.63) is 94.0 Å². The molecule has 3 rings (SSSR count). The molecule has 0 heterocycles. The number of para-hydroxylation sites is 1. The van der Waals surface area contributed by atoms with E-state index in [1.165, 1.54) is 17.0 Å². The van der Waals surface area contributed by atoms with E-state index < -0.39 is 34.1 Å². The number of aryl methyl sites for hydroxylation is 1. The predicted molar refractivity (Wildman–Crippen MR) is 157 cm³/mol. The molecule has 0 saturated carbocycles. The van der Waals surface area contributed by atoms with Gasteiger partial charge in [-0.15, -0.1) is 0 Å². The number of rotatable bonds is 9. The molecule has 39 heavy (non-hydrogen) atoms. The lowest BCUT2D eigenvalue weighted by Gasteiger charge is -2.34. The van der Waals surface area contributed by atoms with Crippen molar-refractivity contribution in [2.45, 2.75) is 57.6 Å². The molecule has 1 N–H and O–H groups in total. The number of nitrogens with one attached hydrogen (secondary N) is 1. The van der Waals surface area contributed by atoms with Gasteiger partial charge in [-0.2, -0.15) is 0 Å². The van der Waals surface area contributed by atoms with Crippen molar-refractivity contribution in [2.75, 3.05) is 10.8 Å². The molecule has 0 aliphatic rings. The van der Waals surface area contributed by atoms with Gasteiger partial charge in [-0.3, -0.25) is 13.9 Å². The second-order valence-electron chi connectivity index (χ2n) is 10.3. The van der Waals surface area contributed by atoms with Crippen LogP contribution in [0.1, 0.15) is 38.8 Å². The quantitative estimate of drug-likeness (QED) is 0.340. The molecule has 1 atom stereocenters. The Morgan fingerprint density at radius 1 is 0.923 bits per heavy atom. The highest BCUT2D eigenvalue weighted by molar-refractivity contribution is 7.92. The van der Waals surface area contributed by atoms with E-state index in [1.807, 2.05) is 20.8 Å². The lowest BCUT2D eigenvalue weighted by atomic mass is 10.1. The van der Waals surface area contributed by atoms with Gasteiger partial charge in [0, 0.05) is 12.1 Å². The fourth-order valence-corrected chi connectivity index (χ4v) is 5.79. The van der Waals surface area contributed by atoms with E-state index in [-0.39, 0.29) is 17.3 Å². The smallest absolute Gasteiger partial charge is 0.264 e. The first kappa shape index (κ1) is 30.5. The number of nitrogens with zero attached hydrogens (tertiary/aromatic N) is 2. The number of sulfonamides is 1. The minimum Gasteiger partial charge on any atom is -0.350 e. The third kappa shape index (κ3) is 7.75. The molecule has 0 spiro atoms. The number of hydrogen-bond acceptors (Lipinski definition) is 4. The van der Waals surface area contributed by atoms with Gasteiger partial charge in [-0.1, -0.05) is 65.7 Å². The van der Waals surface area contributed by atoms with Gasteiger partial charge in [0.25, 0.3) is 10.0 Å². The molecule has 1 unspecified atom stereocenters. The molecule has 208 valence electrons. The summed E-state index contributed by atoms with van der Waals surface area (Å²) in [5.74, 6) is -0.926. The number of halogens is 2. The van der Waals surface area contributed by atoms with Gasteiger partial charge in [0.15, 0.2) is 0 Å². The van der Waals surface area contributed by atoms with Crippen LogP contribution in [0.15, 0.2) is 77.7 Å². The summed E-state index contributed by atoms with van der Waals surface area (Å²) < 4.78 is 28.7. The van der Waals surface area contributed by atoms with Crippen molar-refractivity contribution in [3.63, 3.8) is 0 Å². The topological polar surface area (TPSA) is 86.8 Å². The van der Waals surface area contributed by atoms with Gasteiger partial charge < -0.3 is 10.2 Å². The standard InChI is InChI=1S/C29H33Cl2N3O4S/c1-20-11-9-10-14-26(20)34(39(37,38)23-12-7-6-8-13-23)19-27(35)33(21(2)28(36)32-29(3,4)5)18-22-15-16-24(30)25(31)17-22/h6-17,21H,18-19H2,1-5H3,(H,32,36). The van der Waals surface area contributed by atoms with Crippen molar-refractivity contribution in [1.82, 2.24) is 10.2 Å². The molecule has 0 saturated heterocycles. The first-order valence-corrected chi connectivity index (χ1v) is 14.6. The fourth-order valence-electron chi connectivity index (χ4n) is 3.97. The molecule has 0 bridgehead atoms. The zero-order chi connectivity index (χ0) is 29.0. The van der Waals surface area contributed by atoms with E-state index in [0.717, 1.165) is 4.31 Å². The van der Waals surface area contributed by atoms with Gasteiger partial charge in [0.2, 0.25) is 11.8 Å². The van der Waals surface area contributed by atoms with Crippen LogP contribution in [-0.4, -0.2) is 43.3 Å². The molecular formula is C29H33Cl2N3O4S. The Labute approximate surface area is 240 Å². The Morgan fingerprint density at radius 3 is 2.13 bits per heavy atom. The molecule has 7 nitrogen and oxygen atoms in total. The van der Waals surface area contributed by atoms with Gasteiger partial charge >= 0.3 is 0 Å². The SMILES string of the molecule is Cc1ccccc1N(CC(=O)N(Cc1ccc(Cl)c(Cl)c1)C(C)C(=O)NC(C)(C)C)S(=O)(=O)c1ccccc1. The molecule has 3 aromatic carbocycles. The van der Waals surface area contributed by atoms with E-state index in [9.17, 15) is 18.0 Å². The van der Waals surface area contributed by atoms with Crippen LogP contribution in [0.4, 0.5) is 5.69 Å². The summed E-state index contributed by atoms with van der Waals surface area (Å²) in [6.45, 7) is 8.41. The maximum Gasteiger partial charge on any atom is 0.264 e. The zero-order valence-corrected chi connectivity index (χ0v) is 24.9. The summed E-state index contributed by atoms with van der Waals surface area (Å²) in [6, 6.07) is 18.9. The summed E-state index contributed by atoms with van der Waals surface area (Å²) in [7, 11) is -4.12. The maximum absolute atomic E-state index is 14.0. The van der Waals surface area contributed by atoms with Crippen molar-refractivity contribution in [1.29, 1.82) is 0 Å². The van der Waals surface area contributed by atoms with Crippen LogP contribution in [-0.2, 0) is 26.2 Å². The van der Waals surface area contributed by atoms with Crippen molar-refractivity contribution in [2.24, 2.45) is 0 Å². The number of benzene rings is 3. The van der Waals surface area contributed by atoms with Gasteiger partial charge in [0.1, 0.15) is 12.6 Å². The molecule has 0 fully saturated rings. The summed E-state index contributed by atoms with van der Waals surface area (Å²) in [6.07, 6.45) is 0. The van der Waals surface area contributed by atoms with Crippen molar-refractivity contribution < 1.29 is 18.0 Å². The maximum atomic E-state index is 14.0. The fraction of sp³-hybridized carbons (Fsp3) is 0.310. The minimum atomic E-state index is -4.12. The first-order chi connectivity index (χ1) is 18.2. The number of hydrogen-bond donors (Lipinski definition) is 1. The summed E-state index contributed by atoms with van der Waals surface area (Å²) in [4.78, 5) is 28.5. The Bertz CT molecular complexity index is 1440. The van der Waals surface area contributed by atoms with Crippen LogP contribution in [0.3, 0.4) is 0 Å². The van der Waals surface area contributed by atoms with E-state index in [1.54, 1.807) is 74.5 Å². The molecule has 0 radical (unpaired) electrons. The van der Waals surface area contributed by atoms with E-state index >= 15 is 0 Å². The Morgan fingerprint density at radius 2 is 1.54 bits per heavy atom. The average molecular weight is 591 g/mol. The van der Waals surface area contributed by atoms with Crippen LogP contribution in [0, 0.1) is 6.92 Å².